The standard InChI is InChI=1S/C53H36N4S/c1-33-10-8-11-35-20-23-39(29-43(33)35)40-24-25-45-44(30-40)51-42-14-2-3-17-50(42)58-53(51)52(57-45)36-21-18-34(19-22-36)37-12-9-13-38(28-37)41-31-48(46-15-4-6-26-54-46)56-49(32-41)47-16-5-7-27-55-47/h2-9,11-33H,10H2,1H3. The third-order valence-corrected chi connectivity index (χ3v) is 12.6. The average Bonchev–Trinajstić information content (AvgIpc) is 3.69. The number of benzene rings is 5. The van der Waals surface area contributed by atoms with Gasteiger partial charge in [0.05, 0.1) is 38.7 Å². The lowest BCUT2D eigenvalue weighted by molar-refractivity contribution is 0.772. The van der Waals surface area contributed by atoms with E-state index in [0.29, 0.717) is 5.92 Å². The Kier molecular flexibility index (Phi) is 8.34. The maximum Gasteiger partial charge on any atom is 0.0900 e. The average molecular weight is 761 g/mol. The largest absolute Gasteiger partial charge is 0.255 e. The van der Waals surface area contributed by atoms with E-state index in [1.165, 1.54) is 47.8 Å². The number of allylic oxidation sites excluding steroid dienone is 1. The monoisotopic (exact) mass is 760 g/mol. The summed E-state index contributed by atoms with van der Waals surface area (Å²) in [5, 5.41) is 3.75. The van der Waals surface area contributed by atoms with E-state index in [0.717, 1.165) is 68.2 Å². The van der Waals surface area contributed by atoms with Gasteiger partial charge in [-0.2, -0.15) is 0 Å². The number of fused-ring (bicyclic) bond motifs is 6. The number of hydrogen-bond donors (Lipinski definition) is 0. The lowest BCUT2D eigenvalue weighted by Gasteiger charge is -2.19. The van der Waals surface area contributed by atoms with Crippen LogP contribution >= 0.6 is 11.3 Å². The Morgan fingerprint density at radius 1 is 0.500 bits per heavy atom. The number of nitrogens with zero attached hydrogens (tertiary/aromatic N) is 4. The number of aromatic nitrogens is 4. The van der Waals surface area contributed by atoms with E-state index in [4.69, 9.17) is 9.97 Å². The van der Waals surface area contributed by atoms with Gasteiger partial charge in [-0.1, -0.05) is 116 Å². The second-order valence-electron chi connectivity index (χ2n) is 15.1. The van der Waals surface area contributed by atoms with Crippen molar-refractivity contribution in [2.75, 3.05) is 0 Å². The summed E-state index contributed by atoms with van der Waals surface area (Å²) in [4.78, 5) is 19.6. The summed E-state index contributed by atoms with van der Waals surface area (Å²) in [6.07, 6.45) is 9.25. The van der Waals surface area contributed by atoms with Crippen LogP contribution in [0.2, 0.25) is 0 Å². The zero-order chi connectivity index (χ0) is 38.6. The van der Waals surface area contributed by atoms with E-state index < -0.39 is 0 Å². The predicted octanol–water partition coefficient (Wildman–Crippen LogP) is 14.3. The minimum Gasteiger partial charge on any atom is -0.255 e. The molecule has 0 N–H and O–H groups in total. The SMILES string of the molecule is CC1CC=Cc2ccc(-c3ccc4nc(-c5ccc(-c6cccc(-c7cc(-c8ccccn8)nc(-c8ccccn8)c7)c6)cc5)c5sc6ccccc6c5c4c3)cc21. The third-order valence-electron chi connectivity index (χ3n) is 11.4. The minimum atomic E-state index is 0.519. The first kappa shape index (κ1) is 34.2. The van der Waals surface area contributed by atoms with Crippen molar-refractivity contribution in [3.8, 4) is 67.4 Å². The van der Waals surface area contributed by atoms with Gasteiger partial charge in [0.2, 0.25) is 0 Å². The molecule has 0 saturated heterocycles. The summed E-state index contributed by atoms with van der Waals surface area (Å²) < 4.78 is 2.49. The van der Waals surface area contributed by atoms with E-state index in [-0.39, 0.29) is 0 Å². The molecule has 5 aromatic carbocycles. The fraction of sp³-hybridized carbons (Fsp3) is 0.0566. The molecule has 1 unspecified atom stereocenters. The van der Waals surface area contributed by atoms with Crippen LogP contribution in [0.1, 0.15) is 30.4 Å². The van der Waals surface area contributed by atoms with Crippen LogP contribution in [-0.2, 0) is 0 Å². The Morgan fingerprint density at radius 2 is 1.16 bits per heavy atom. The van der Waals surface area contributed by atoms with Gasteiger partial charge in [0.25, 0.3) is 0 Å². The normalized spacial score (nSPS) is 13.6. The fourth-order valence-corrected chi connectivity index (χ4v) is 9.63. The fourth-order valence-electron chi connectivity index (χ4n) is 8.41. The van der Waals surface area contributed by atoms with Gasteiger partial charge in [0, 0.05) is 38.8 Å². The molecule has 5 heterocycles. The molecule has 1 atom stereocenters. The summed E-state index contributed by atoms with van der Waals surface area (Å²) in [5.41, 5.74) is 16.1. The molecule has 1 aliphatic rings. The zero-order valence-corrected chi connectivity index (χ0v) is 32.6. The van der Waals surface area contributed by atoms with Crippen molar-refractivity contribution >= 4 is 48.5 Å². The van der Waals surface area contributed by atoms with Crippen molar-refractivity contribution < 1.29 is 0 Å². The van der Waals surface area contributed by atoms with Gasteiger partial charge in [-0.15, -0.1) is 11.3 Å². The molecule has 0 radical (unpaired) electrons. The molecule has 0 spiro atoms. The molecule has 1 aliphatic carbocycles. The Morgan fingerprint density at radius 3 is 1.91 bits per heavy atom. The van der Waals surface area contributed by atoms with Crippen LogP contribution in [0.5, 0.6) is 0 Å². The maximum atomic E-state index is 5.39. The molecule has 0 amide bonds. The van der Waals surface area contributed by atoms with E-state index in [1.807, 2.05) is 47.7 Å². The summed E-state index contributed by atoms with van der Waals surface area (Å²) >= 11 is 1.83. The second kappa shape index (κ2) is 14.1. The first-order chi connectivity index (χ1) is 28.6. The molecule has 5 heteroatoms. The van der Waals surface area contributed by atoms with Gasteiger partial charge in [-0.05, 0) is 118 Å². The number of rotatable bonds is 6. The molecule has 5 aromatic heterocycles. The molecular formula is C53H36N4S. The highest BCUT2D eigenvalue weighted by atomic mass is 32.1. The molecule has 274 valence electrons. The van der Waals surface area contributed by atoms with Crippen LogP contribution < -0.4 is 0 Å². The van der Waals surface area contributed by atoms with Crippen molar-refractivity contribution in [3.63, 3.8) is 0 Å². The van der Waals surface area contributed by atoms with Crippen LogP contribution in [0.3, 0.4) is 0 Å². The highest BCUT2D eigenvalue weighted by molar-refractivity contribution is 7.26. The molecule has 4 nitrogen and oxygen atoms in total. The van der Waals surface area contributed by atoms with Crippen molar-refractivity contribution in [3.05, 3.63) is 187 Å². The predicted molar refractivity (Wildman–Crippen MR) is 243 cm³/mol. The lowest BCUT2D eigenvalue weighted by atomic mass is 9.86. The third kappa shape index (κ3) is 6.08. The van der Waals surface area contributed by atoms with Gasteiger partial charge < -0.3 is 0 Å². The summed E-state index contributed by atoms with van der Waals surface area (Å²) in [5.74, 6) is 0.519. The van der Waals surface area contributed by atoms with Gasteiger partial charge in [-0.25, -0.2) is 9.97 Å². The van der Waals surface area contributed by atoms with Crippen molar-refractivity contribution in [2.24, 2.45) is 0 Å². The Balaban J connectivity index is 0.982. The van der Waals surface area contributed by atoms with Crippen LogP contribution in [-0.4, -0.2) is 19.9 Å². The Labute approximate surface area is 340 Å². The van der Waals surface area contributed by atoms with Crippen molar-refractivity contribution in [1.82, 2.24) is 19.9 Å². The van der Waals surface area contributed by atoms with E-state index in [2.05, 4.69) is 150 Å². The molecule has 0 fully saturated rings. The summed E-state index contributed by atoms with van der Waals surface area (Å²) in [6, 6.07) is 56.2. The quantitative estimate of drug-likeness (QED) is 0.169. The van der Waals surface area contributed by atoms with Gasteiger partial charge in [0.15, 0.2) is 0 Å². The Hall–Kier alpha value is -7.08. The molecule has 0 aliphatic heterocycles. The number of pyridine rings is 4. The first-order valence-electron chi connectivity index (χ1n) is 19.7. The number of hydrogen-bond acceptors (Lipinski definition) is 5. The van der Waals surface area contributed by atoms with Crippen LogP contribution in [0.4, 0.5) is 0 Å². The smallest absolute Gasteiger partial charge is 0.0900 e. The van der Waals surface area contributed by atoms with Crippen molar-refractivity contribution in [1.29, 1.82) is 0 Å². The molecule has 0 bridgehead atoms. The molecule has 10 aromatic rings. The first-order valence-corrected chi connectivity index (χ1v) is 20.6. The van der Waals surface area contributed by atoms with Crippen LogP contribution in [0.15, 0.2) is 176 Å². The summed E-state index contributed by atoms with van der Waals surface area (Å²) in [6.45, 7) is 2.32. The Bertz CT molecular complexity index is 3150. The van der Waals surface area contributed by atoms with Gasteiger partial charge in [0.1, 0.15) is 0 Å². The maximum absolute atomic E-state index is 5.39. The van der Waals surface area contributed by atoms with Crippen LogP contribution in [0.25, 0.3) is 105 Å². The minimum absolute atomic E-state index is 0.519. The van der Waals surface area contributed by atoms with E-state index >= 15 is 0 Å². The highest BCUT2D eigenvalue weighted by Gasteiger charge is 2.19. The second-order valence-corrected chi connectivity index (χ2v) is 16.1. The lowest BCUT2D eigenvalue weighted by Crippen LogP contribution is -2.00. The van der Waals surface area contributed by atoms with Crippen molar-refractivity contribution in [2.45, 2.75) is 19.3 Å². The molecule has 11 rings (SSSR count). The van der Waals surface area contributed by atoms with Gasteiger partial charge >= 0.3 is 0 Å². The summed E-state index contributed by atoms with van der Waals surface area (Å²) in [7, 11) is 0. The van der Waals surface area contributed by atoms with Crippen LogP contribution in [0, 0.1) is 0 Å². The number of thiophene rings is 1. The van der Waals surface area contributed by atoms with E-state index in [9.17, 15) is 0 Å². The zero-order valence-electron chi connectivity index (χ0n) is 31.8. The topological polar surface area (TPSA) is 51.6 Å². The van der Waals surface area contributed by atoms with Gasteiger partial charge in [-0.3, -0.25) is 9.97 Å². The van der Waals surface area contributed by atoms with E-state index in [1.54, 1.807) is 12.4 Å². The highest BCUT2D eigenvalue weighted by Crippen LogP contribution is 2.44. The molecule has 58 heavy (non-hydrogen) atoms. The molecule has 0 saturated carbocycles. The molecular weight excluding hydrogens is 725 g/mol.